The molecule has 29 heavy (non-hydrogen) atoms. The summed E-state index contributed by atoms with van der Waals surface area (Å²) in [4.78, 5) is 21.4. The van der Waals surface area contributed by atoms with Crippen LogP contribution in [0.25, 0.3) is 22.4 Å². The van der Waals surface area contributed by atoms with Gasteiger partial charge in [-0.25, -0.2) is 4.98 Å². The molecule has 4 rings (SSSR count). The average Bonchev–Trinajstić information content (AvgIpc) is 3.17. The zero-order valence-corrected chi connectivity index (χ0v) is 16.4. The first-order chi connectivity index (χ1) is 14.2. The smallest absolute Gasteiger partial charge is 0.269 e. The van der Waals surface area contributed by atoms with E-state index >= 15 is 0 Å². The molecular weight excluding hydrogens is 364 g/mol. The minimum absolute atomic E-state index is 0.0165. The quantitative estimate of drug-likeness (QED) is 0.604. The minimum Gasteiger partial charge on any atom is -0.396 e. The van der Waals surface area contributed by atoms with Crippen LogP contribution in [-0.4, -0.2) is 34.1 Å². The summed E-state index contributed by atoms with van der Waals surface area (Å²) < 4.78 is 0. The lowest BCUT2D eigenvalue weighted by atomic mass is 9.94. The third-order valence-electron chi connectivity index (χ3n) is 5.15. The summed E-state index contributed by atoms with van der Waals surface area (Å²) in [5, 5.41) is 15.8. The van der Waals surface area contributed by atoms with Crippen molar-refractivity contribution in [3.63, 3.8) is 0 Å². The van der Waals surface area contributed by atoms with Crippen molar-refractivity contribution in [2.45, 2.75) is 25.9 Å². The highest BCUT2D eigenvalue weighted by atomic mass is 16.3. The Kier molecular flexibility index (Phi) is 5.64. The largest absolute Gasteiger partial charge is 0.396 e. The fourth-order valence-corrected chi connectivity index (χ4v) is 3.82. The van der Waals surface area contributed by atoms with Crippen LogP contribution in [0.5, 0.6) is 0 Å². The second-order valence-electron chi connectivity index (χ2n) is 7.06. The van der Waals surface area contributed by atoms with Gasteiger partial charge < -0.3 is 15.7 Å². The summed E-state index contributed by atoms with van der Waals surface area (Å²) in [6.45, 7) is 3.19. The van der Waals surface area contributed by atoms with E-state index < -0.39 is 0 Å². The van der Waals surface area contributed by atoms with E-state index in [0.29, 0.717) is 25.2 Å². The predicted octanol–water partition coefficient (Wildman–Crippen LogP) is 3.09. The third kappa shape index (κ3) is 3.90. The highest BCUT2D eigenvalue weighted by Gasteiger charge is 2.28. The van der Waals surface area contributed by atoms with E-state index in [1.54, 1.807) is 6.20 Å². The first-order valence-corrected chi connectivity index (χ1v) is 9.88. The number of rotatable bonds is 6. The molecule has 148 valence electrons. The number of aromatic nitrogens is 2. The number of nitrogens with zero attached hydrogens (tertiary/aromatic N) is 2. The molecule has 3 heterocycles. The molecule has 3 N–H and O–H groups in total. The highest BCUT2D eigenvalue weighted by molar-refractivity contribution is 5.93. The number of aliphatic hydroxyl groups is 1. The first-order valence-electron chi connectivity index (χ1n) is 9.88. The molecule has 6 heteroatoms. The Labute approximate surface area is 170 Å². The molecule has 1 aliphatic rings. The van der Waals surface area contributed by atoms with Crippen LogP contribution in [0.2, 0.25) is 0 Å². The van der Waals surface area contributed by atoms with Gasteiger partial charge in [-0.15, -0.1) is 0 Å². The Morgan fingerprint density at radius 2 is 2.03 bits per heavy atom. The molecule has 0 bridgehead atoms. The maximum Gasteiger partial charge on any atom is 0.269 e. The first kappa shape index (κ1) is 19.2. The van der Waals surface area contributed by atoms with Gasteiger partial charge in [-0.1, -0.05) is 24.3 Å². The van der Waals surface area contributed by atoms with E-state index in [0.717, 1.165) is 33.5 Å². The van der Waals surface area contributed by atoms with E-state index in [-0.39, 0.29) is 18.6 Å². The van der Waals surface area contributed by atoms with Crippen molar-refractivity contribution in [3.8, 4) is 22.4 Å². The van der Waals surface area contributed by atoms with Gasteiger partial charge in [0.25, 0.3) is 5.91 Å². The lowest BCUT2D eigenvalue weighted by Gasteiger charge is -2.16. The fraction of sp³-hybridized carbons (Fsp3) is 0.261. The van der Waals surface area contributed by atoms with Gasteiger partial charge in [0.1, 0.15) is 5.69 Å². The molecule has 0 fully saturated rings. The normalized spacial score (nSPS) is 15.2. The van der Waals surface area contributed by atoms with E-state index in [9.17, 15) is 9.90 Å². The lowest BCUT2D eigenvalue weighted by Crippen LogP contribution is -2.24. The van der Waals surface area contributed by atoms with Crippen LogP contribution in [0.4, 0.5) is 0 Å². The molecule has 0 spiro atoms. The van der Waals surface area contributed by atoms with Crippen molar-refractivity contribution in [2.75, 3.05) is 13.2 Å². The zero-order chi connectivity index (χ0) is 20.2. The van der Waals surface area contributed by atoms with Crippen LogP contribution in [0.15, 0.2) is 54.9 Å². The van der Waals surface area contributed by atoms with Crippen molar-refractivity contribution >= 4 is 5.91 Å². The number of nitrogens with one attached hydrogen (secondary N) is 2. The molecule has 0 unspecified atom stereocenters. The lowest BCUT2D eigenvalue weighted by molar-refractivity contribution is 0.0951. The van der Waals surface area contributed by atoms with Gasteiger partial charge in [0.2, 0.25) is 0 Å². The second kappa shape index (κ2) is 8.51. The van der Waals surface area contributed by atoms with Crippen molar-refractivity contribution in [3.05, 3.63) is 71.7 Å². The van der Waals surface area contributed by atoms with Crippen LogP contribution >= 0.6 is 0 Å². The number of aliphatic hydroxyl groups excluding tert-OH is 1. The van der Waals surface area contributed by atoms with E-state index in [4.69, 9.17) is 4.98 Å². The van der Waals surface area contributed by atoms with E-state index in [1.165, 1.54) is 0 Å². The van der Waals surface area contributed by atoms with Crippen molar-refractivity contribution in [1.82, 2.24) is 20.6 Å². The molecule has 0 saturated heterocycles. The van der Waals surface area contributed by atoms with Crippen LogP contribution < -0.4 is 10.6 Å². The maximum absolute atomic E-state index is 12.5. The molecule has 2 aromatic heterocycles. The number of benzene rings is 1. The summed E-state index contributed by atoms with van der Waals surface area (Å²) in [6.07, 6.45) is 4.19. The molecule has 6 nitrogen and oxygen atoms in total. The zero-order valence-electron chi connectivity index (χ0n) is 16.4. The monoisotopic (exact) mass is 388 g/mol. The van der Waals surface area contributed by atoms with Crippen molar-refractivity contribution in [2.24, 2.45) is 0 Å². The van der Waals surface area contributed by atoms with Gasteiger partial charge in [-0.2, -0.15) is 0 Å². The molecular formula is C23H24N4O2. The number of hydrogen-bond acceptors (Lipinski definition) is 5. The minimum atomic E-state index is -0.175. The standard InChI is InChI=1S/C23H24N4O2/c1-2-25-23(29)20-12-18-14-26-19(8-10-28)21(18)22(27-20)16-6-3-5-15(11-16)17-7-4-9-24-13-17/h3-7,9,11-13,19,26,28H,2,8,10,14H2,1H3,(H,25,29)/t19-/m1/s1. The third-order valence-corrected chi connectivity index (χ3v) is 5.15. The van der Waals surface area contributed by atoms with Gasteiger partial charge >= 0.3 is 0 Å². The Bertz CT molecular complexity index is 1020. The molecule has 1 amide bonds. The fourth-order valence-electron chi connectivity index (χ4n) is 3.82. The summed E-state index contributed by atoms with van der Waals surface area (Å²) in [7, 11) is 0. The van der Waals surface area contributed by atoms with Crippen LogP contribution in [-0.2, 0) is 6.54 Å². The number of carbonyl (C=O) groups excluding carboxylic acids is 1. The Hall–Kier alpha value is -3.09. The highest BCUT2D eigenvalue weighted by Crippen LogP contribution is 2.37. The molecule has 0 aliphatic carbocycles. The molecule has 1 aliphatic heterocycles. The van der Waals surface area contributed by atoms with Gasteiger partial charge in [0, 0.05) is 49.3 Å². The van der Waals surface area contributed by atoms with E-state index in [1.807, 2.05) is 49.5 Å². The molecule has 0 saturated carbocycles. The summed E-state index contributed by atoms with van der Waals surface area (Å²) in [5.41, 5.74) is 6.34. The molecule has 0 radical (unpaired) electrons. The SMILES string of the molecule is CCNC(=O)c1cc2c(c(-c3cccc(-c4cccnc4)c3)n1)[C@@H](CCO)NC2. The summed E-state index contributed by atoms with van der Waals surface area (Å²) in [6, 6.07) is 13.9. The topological polar surface area (TPSA) is 87.1 Å². The molecule has 1 aromatic carbocycles. The molecule has 1 atom stereocenters. The number of amides is 1. The van der Waals surface area contributed by atoms with Crippen LogP contribution in [0.3, 0.4) is 0 Å². The van der Waals surface area contributed by atoms with Gasteiger partial charge in [0.05, 0.1) is 5.69 Å². The Balaban J connectivity index is 1.85. The second-order valence-corrected chi connectivity index (χ2v) is 7.06. The van der Waals surface area contributed by atoms with Gasteiger partial charge in [0.15, 0.2) is 0 Å². The van der Waals surface area contributed by atoms with Crippen molar-refractivity contribution < 1.29 is 9.90 Å². The van der Waals surface area contributed by atoms with Crippen molar-refractivity contribution in [1.29, 1.82) is 0 Å². The predicted molar refractivity (Wildman–Crippen MR) is 112 cm³/mol. The Morgan fingerprint density at radius 1 is 1.21 bits per heavy atom. The van der Waals surface area contributed by atoms with Gasteiger partial charge in [-0.3, -0.25) is 9.78 Å². The summed E-state index contributed by atoms with van der Waals surface area (Å²) in [5.74, 6) is -0.175. The molecule has 3 aromatic rings. The van der Waals surface area contributed by atoms with Crippen LogP contribution in [0, 0.1) is 0 Å². The van der Waals surface area contributed by atoms with E-state index in [2.05, 4.69) is 21.7 Å². The number of hydrogen-bond donors (Lipinski definition) is 3. The average molecular weight is 388 g/mol. The number of pyridine rings is 2. The van der Waals surface area contributed by atoms with Gasteiger partial charge in [-0.05, 0) is 48.2 Å². The number of carbonyl (C=O) groups is 1. The number of fused-ring (bicyclic) bond motifs is 1. The Morgan fingerprint density at radius 3 is 2.79 bits per heavy atom. The maximum atomic E-state index is 12.5. The van der Waals surface area contributed by atoms with Crippen LogP contribution in [0.1, 0.15) is 41.0 Å². The summed E-state index contributed by atoms with van der Waals surface area (Å²) >= 11 is 0.